The van der Waals surface area contributed by atoms with Gasteiger partial charge < -0.3 is 0 Å². The molecule has 0 bridgehead atoms. The first kappa shape index (κ1) is 213. The average molecular weight is 1700 g/mol. The van der Waals surface area contributed by atoms with E-state index in [0.717, 1.165) is 88.8 Å². The Balaban J connectivity index is -0.0000000231. The van der Waals surface area contributed by atoms with Gasteiger partial charge in [0.05, 0.1) is 0 Å². The van der Waals surface area contributed by atoms with Crippen LogP contribution in [0.25, 0.3) is 0 Å². The number of rotatable bonds is 39. The highest BCUT2D eigenvalue weighted by Gasteiger charge is 2.06. The molecule has 7 atom stereocenters. The van der Waals surface area contributed by atoms with Crippen LogP contribution in [-0.2, 0) is 0 Å². The van der Waals surface area contributed by atoms with Crippen LogP contribution in [0, 0.1) is 88.8 Å². The van der Waals surface area contributed by atoms with E-state index in [4.69, 9.17) is 0 Å². The van der Waals surface area contributed by atoms with Crippen molar-refractivity contribution in [3.63, 3.8) is 0 Å². The van der Waals surface area contributed by atoms with Crippen molar-refractivity contribution in [1.29, 1.82) is 0 Å². The standard InChI is InChI=1S/4C8H18.6C7H16.C6H14.3C5H12.C4H10.C3H8.15CH4/c1-5-8(4)6-7(2)3;1-5-7(3)8(4)6-2;1-4-6-8(3)7-5-2;1-4-7-8(5-2)6-3;1-4-5-6-7(2)3;4*1-4-6-7(3)5-2;1-4-7(5-2)6-3;1-4-5-6(2)3;2*1-4-5(2)3;1-3-5-4-2;1-3-4-2;1-3-2;;;;;;;;;;;;;;;/h2*7-8H,5-6H2,1-4H3;2*8H,4-7H2,1-3H3;6*7H,4-6H2,1-3H3;6H,4-5H2,1-3H3;2*5H,4H2,1-3H3;3-5H2,1-2H3;3-4H2,1-2H3;3H2,1-2H3;15*1H4. The molecule has 0 rings (SSSR count). The van der Waals surface area contributed by atoms with E-state index < -0.39 is 0 Å². The quantitative estimate of drug-likeness (QED) is 0.0575. The Morgan fingerprint density at radius 1 is 0.137 bits per heavy atom. The fourth-order valence-corrected chi connectivity index (χ4v) is 9.21. The molecule has 0 spiro atoms. The van der Waals surface area contributed by atoms with Crippen molar-refractivity contribution in [3.8, 4) is 0 Å². The first-order valence-corrected chi connectivity index (χ1v) is 47.9. The summed E-state index contributed by atoms with van der Waals surface area (Å²) >= 11 is 0. The van der Waals surface area contributed by atoms with Crippen molar-refractivity contribution < 1.29 is 0 Å². The molecule has 0 aliphatic heterocycles. The second-order valence-corrected chi connectivity index (χ2v) is 33.8. The van der Waals surface area contributed by atoms with Crippen LogP contribution in [0.3, 0.4) is 0 Å². The lowest BCUT2D eigenvalue weighted by atomic mass is 9.92. The van der Waals surface area contributed by atoms with Gasteiger partial charge in [-0.25, -0.2) is 0 Å². The van der Waals surface area contributed by atoms with Gasteiger partial charge in [0.2, 0.25) is 0 Å². The van der Waals surface area contributed by atoms with Gasteiger partial charge in [-0.1, -0.05) is 687 Å². The summed E-state index contributed by atoms with van der Waals surface area (Å²) in [6.07, 6.45) is 54.2. The molecular weight excluding hydrogens is 1410 g/mol. The molecule has 764 valence electrons. The van der Waals surface area contributed by atoms with Crippen molar-refractivity contribution >= 4 is 0 Å². The molecule has 0 saturated heterocycles. The van der Waals surface area contributed by atoms with Gasteiger partial charge in [0, 0.05) is 0 Å². The van der Waals surface area contributed by atoms with Gasteiger partial charge in [0.1, 0.15) is 0 Å². The van der Waals surface area contributed by atoms with Gasteiger partial charge in [-0.3, -0.25) is 0 Å². The summed E-state index contributed by atoms with van der Waals surface area (Å²) in [5, 5.41) is 0. The molecule has 0 heterocycles. The highest BCUT2D eigenvalue weighted by Crippen LogP contribution is 2.18. The molecular formula is C117H296. The van der Waals surface area contributed by atoms with Gasteiger partial charge in [-0.15, -0.1) is 0 Å². The lowest BCUT2D eigenvalue weighted by Crippen LogP contribution is -2.04. The third-order valence-corrected chi connectivity index (χ3v) is 19.7. The average Bonchev–Trinajstić information content (AvgIpc) is 1.02. The number of hydrogen-bond donors (Lipinski definition) is 0. The van der Waals surface area contributed by atoms with Crippen molar-refractivity contribution in [1.82, 2.24) is 0 Å². The minimum atomic E-state index is 0. The minimum absolute atomic E-state index is 0. The largest absolute Gasteiger partial charge is 0.0776 e. The third-order valence-electron chi connectivity index (χ3n) is 19.7. The molecule has 7 unspecified atom stereocenters. The van der Waals surface area contributed by atoms with Crippen LogP contribution in [-0.4, -0.2) is 0 Å². The zero-order chi connectivity index (χ0) is 83.9. The minimum Gasteiger partial charge on any atom is -0.0776 e. The van der Waals surface area contributed by atoms with Gasteiger partial charge in [0.15, 0.2) is 0 Å². The smallest absolute Gasteiger partial charge is 0.0420 e. The van der Waals surface area contributed by atoms with E-state index in [1.807, 2.05) is 0 Å². The number of unbranched alkanes of at least 4 members (excludes halogenated alkanes) is 4. The van der Waals surface area contributed by atoms with Crippen molar-refractivity contribution in [2.75, 3.05) is 0 Å². The lowest BCUT2D eigenvalue weighted by molar-refractivity contribution is 0.367. The fraction of sp³-hybridized carbons (Fsp3) is 1.00. The summed E-state index contributed by atoms with van der Waals surface area (Å²) in [6.45, 7) is 106. The maximum atomic E-state index is 2.34. The van der Waals surface area contributed by atoms with Crippen LogP contribution >= 0.6 is 0 Å². The first-order chi connectivity index (χ1) is 47.9. The van der Waals surface area contributed by atoms with Gasteiger partial charge in [-0.2, -0.15) is 0 Å². The normalized spacial score (nSPS) is 10.4. The SMILES string of the molecule is C.C.C.C.C.C.C.C.C.C.C.C.C.C.C.CCC.CCC(C)C.CCC(C)C.CCC(C)C(C)CC.CCC(C)CC(C)C.CCC(CC)CC.CCCC.CCCC(C)C.CCCC(C)CC.CCCC(C)CC.CCCC(C)CC.CCCC(C)CC.CCCC(C)CCC.CCCC(CC)CC.CCCCC.CCCCC(C)C. The van der Waals surface area contributed by atoms with Crippen LogP contribution in [0.5, 0.6) is 0 Å². The molecule has 0 radical (unpaired) electrons. The molecule has 0 heteroatoms. The predicted molar refractivity (Wildman–Crippen MR) is 605 cm³/mol. The van der Waals surface area contributed by atoms with Crippen LogP contribution < -0.4 is 0 Å². The molecule has 0 aliphatic rings. The summed E-state index contributed by atoms with van der Waals surface area (Å²) in [5.41, 5.74) is 0. The van der Waals surface area contributed by atoms with E-state index in [9.17, 15) is 0 Å². The van der Waals surface area contributed by atoms with E-state index in [1.54, 1.807) is 0 Å². The van der Waals surface area contributed by atoms with Crippen molar-refractivity contribution in [2.45, 2.75) is 694 Å². The second kappa shape index (κ2) is 212. The number of hydrogen-bond acceptors (Lipinski definition) is 0. The second-order valence-electron chi connectivity index (χ2n) is 33.8. The van der Waals surface area contributed by atoms with E-state index >= 15 is 0 Å². The summed E-state index contributed by atoms with van der Waals surface area (Å²) in [7, 11) is 0. The first-order valence-electron chi connectivity index (χ1n) is 47.9. The van der Waals surface area contributed by atoms with E-state index in [2.05, 4.69) is 325 Å². The van der Waals surface area contributed by atoms with Crippen LogP contribution in [0.2, 0.25) is 0 Å². The summed E-state index contributed by atoms with van der Waals surface area (Å²) in [5.74, 6) is 14.0. The Hall–Kier alpha value is 0. The summed E-state index contributed by atoms with van der Waals surface area (Å²) < 4.78 is 0. The molecule has 0 aliphatic carbocycles. The van der Waals surface area contributed by atoms with Gasteiger partial charge in [0.25, 0.3) is 0 Å². The monoisotopic (exact) mass is 1700 g/mol. The zero-order valence-corrected chi connectivity index (χ0v) is 83.9. The van der Waals surface area contributed by atoms with E-state index in [1.165, 1.54) is 257 Å². The van der Waals surface area contributed by atoms with Crippen LogP contribution in [0.15, 0.2) is 0 Å². The molecule has 0 saturated carbocycles. The topological polar surface area (TPSA) is 0 Å². The maximum Gasteiger partial charge on any atom is -0.0420 e. The Morgan fingerprint density at radius 3 is 0.385 bits per heavy atom. The Labute approximate surface area is 777 Å². The van der Waals surface area contributed by atoms with Crippen molar-refractivity contribution in [3.05, 3.63) is 0 Å². The molecule has 0 aromatic carbocycles. The van der Waals surface area contributed by atoms with E-state index in [0.29, 0.717) is 0 Å². The fourth-order valence-electron chi connectivity index (χ4n) is 9.21. The Kier molecular flexibility index (Phi) is 386. The van der Waals surface area contributed by atoms with Crippen LogP contribution in [0.4, 0.5) is 0 Å². The molecule has 0 amide bonds. The van der Waals surface area contributed by atoms with Gasteiger partial charge >= 0.3 is 0 Å². The van der Waals surface area contributed by atoms with Gasteiger partial charge in [-0.05, 0) is 95.2 Å². The molecule has 0 aromatic rings. The molecule has 0 aromatic heterocycles. The van der Waals surface area contributed by atoms with E-state index in [-0.39, 0.29) is 111 Å². The predicted octanol–water partition coefficient (Wildman–Crippen LogP) is 51.1. The molecule has 117 heavy (non-hydrogen) atoms. The maximum absolute atomic E-state index is 2.34. The Morgan fingerprint density at radius 2 is 0.325 bits per heavy atom. The summed E-state index contributed by atoms with van der Waals surface area (Å²) in [6, 6.07) is 0. The highest BCUT2D eigenvalue weighted by atomic mass is 14.1. The van der Waals surface area contributed by atoms with Crippen LogP contribution in [0.1, 0.15) is 694 Å². The lowest BCUT2D eigenvalue weighted by Gasteiger charge is -2.14. The zero-order valence-electron chi connectivity index (χ0n) is 83.9. The molecule has 0 fully saturated rings. The highest BCUT2D eigenvalue weighted by molar-refractivity contribution is 4.57. The summed E-state index contributed by atoms with van der Waals surface area (Å²) in [4.78, 5) is 0. The molecule has 0 N–H and O–H groups in total. The Bertz CT molecular complexity index is 988. The van der Waals surface area contributed by atoms with Crippen molar-refractivity contribution in [2.24, 2.45) is 88.8 Å². The molecule has 0 nitrogen and oxygen atoms in total. The third kappa shape index (κ3) is 336.